The summed E-state index contributed by atoms with van der Waals surface area (Å²) >= 11 is 0. The molecule has 1 aliphatic heterocycles. The second kappa shape index (κ2) is 10.9. The molecule has 2 aromatic rings. The molecule has 6 nitrogen and oxygen atoms in total. The number of nitrogens with zero attached hydrogens (tertiary/aromatic N) is 3. The number of benzene rings is 1. The Morgan fingerprint density at radius 1 is 1.13 bits per heavy atom. The van der Waals surface area contributed by atoms with Gasteiger partial charge in [-0.2, -0.15) is 0 Å². The molecule has 4 rings (SSSR count). The number of unbranched alkanes of at least 4 members (excludes halogenated alkanes) is 3. The van der Waals surface area contributed by atoms with E-state index in [1.54, 1.807) is 6.07 Å². The van der Waals surface area contributed by atoms with E-state index in [9.17, 15) is 19.1 Å². The fraction of sp³-hybridized carbons (Fsp3) is 0.565. The van der Waals surface area contributed by atoms with Gasteiger partial charge in [0.15, 0.2) is 5.43 Å². The minimum Gasteiger partial charge on any atom is -0.545 e. The van der Waals surface area contributed by atoms with E-state index in [0.717, 1.165) is 45.6 Å². The molecule has 0 spiro atoms. The van der Waals surface area contributed by atoms with Crippen LogP contribution in [0.15, 0.2) is 23.1 Å². The summed E-state index contributed by atoms with van der Waals surface area (Å²) < 4.78 is 16.8. The number of carbonyl (C=O) groups excluding carboxylic acids is 1. The molecule has 2 fully saturated rings. The quantitative estimate of drug-likeness (QED) is 0.400. The molecule has 162 valence electrons. The van der Waals surface area contributed by atoms with E-state index in [1.165, 1.54) is 37.9 Å². The smallest absolute Gasteiger partial charge is 0.545 e. The minimum absolute atomic E-state index is 0. The molecule has 1 aliphatic carbocycles. The monoisotopic (exact) mass is 453 g/mol. The van der Waals surface area contributed by atoms with E-state index >= 15 is 0 Å². The average Bonchev–Trinajstić information content (AvgIpc) is 3.57. The van der Waals surface area contributed by atoms with E-state index in [1.807, 2.05) is 9.47 Å². The van der Waals surface area contributed by atoms with E-state index in [4.69, 9.17) is 0 Å². The number of carbonyl (C=O) groups is 1. The predicted molar refractivity (Wildman–Crippen MR) is 114 cm³/mol. The number of carboxylic acids is 1. The largest absolute Gasteiger partial charge is 1.00 e. The Kier molecular flexibility index (Phi) is 8.74. The first-order chi connectivity index (χ1) is 14.5. The van der Waals surface area contributed by atoms with Crippen molar-refractivity contribution in [3.8, 4) is 0 Å². The number of fused-ring (bicyclic) bond motifs is 1. The Hall–Kier alpha value is -0.774. The summed E-state index contributed by atoms with van der Waals surface area (Å²) in [6, 6.07) is 3.08. The maximum atomic E-state index is 15.0. The summed E-state index contributed by atoms with van der Waals surface area (Å²) in [5.41, 5.74) is 0.0107. The van der Waals surface area contributed by atoms with Crippen molar-refractivity contribution < 1.29 is 65.7 Å². The molecule has 2 aliphatic rings. The van der Waals surface area contributed by atoms with Crippen molar-refractivity contribution in [3.63, 3.8) is 0 Å². The zero-order valence-corrected chi connectivity index (χ0v) is 21.7. The average molecular weight is 454 g/mol. The van der Waals surface area contributed by atoms with Crippen molar-refractivity contribution in [2.45, 2.75) is 51.5 Å². The molecule has 8 heteroatoms. The van der Waals surface area contributed by atoms with Gasteiger partial charge >= 0.3 is 51.4 Å². The van der Waals surface area contributed by atoms with Gasteiger partial charge in [0.25, 0.3) is 0 Å². The number of hydrogen-bond acceptors (Lipinski definition) is 5. The minimum atomic E-state index is -1.52. The summed E-state index contributed by atoms with van der Waals surface area (Å²) in [6.45, 7) is 6.55. The molecule has 0 bridgehead atoms. The fourth-order valence-electron chi connectivity index (χ4n) is 4.38. The number of carboxylic acid groups (broad SMARTS) is 1. The van der Waals surface area contributed by atoms with Gasteiger partial charge in [-0.3, -0.25) is 9.69 Å². The van der Waals surface area contributed by atoms with Gasteiger partial charge in [0.1, 0.15) is 5.82 Å². The fourth-order valence-corrected chi connectivity index (χ4v) is 4.38. The molecule has 1 saturated carbocycles. The van der Waals surface area contributed by atoms with Crippen LogP contribution in [0.1, 0.15) is 61.8 Å². The Morgan fingerprint density at radius 2 is 1.84 bits per heavy atom. The van der Waals surface area contributed by atoms with Gasteiger partial charge in [0.05, 0.1) is 22.7 Å². The second-order valence-electron chi connectivity index (χ2n) is 8.51. The van der Waals surface area contributed by atoms with Crippen LogP contribution in [0.2, 0.25) is 0 Å². The van der Waals surface area contributed by atoms with Crippen LogP contribution in [-0.2, 0) is 0 Å². The van der Waals surface area contributed by atoms with E-state index in [2.05, 4.69) is 11.8 Å². The van der Waals surface area contributed by atoms with E-state index in [0.29, 0.717) is 11.2 Å². The van der Waals surface area contributed by atoms with E-state index < -0.39 is 22.8 Å². The first-order valence-electron chi connectivity index (χ1n) is 11.1. The molecule has 0 amide bonds. The molecule has 1 aromatic heterocycles. The van der Waals surface area contributed by atoms with Gasteiger partial charge in [0, 0.05) is 43.8 Å². The van der Waals surface area contributed by atoms with Gasteiger partial charge in [-0.25, -0.2) is 4.39 Å². The van der Waals surface area contributed by atoms with E-state index in [-0.39, 0.29) is 62.8 Å². The summed E-state index contributed by atoms with van der Waals surface area (Å²) in [4.78, 5) is 28.4. The molecule has 0 atom stereocenters. The van der Waals surface area contributed by atoms with Crippen molar-refractivity contribution >= 4 is 22.6 Å². The van der Waals surface area contributed by atoms with Crippen molar-refractivity contribution in [1.82, 2.24) is 9.47 Å². The van der Waals surface area contributed by atoms with Crippen LogP contribution in [0.25, 0.3) is 10.9 Å². The van der Waals surface area contributed by atoms with Gasteiger partial charge in [-0.15, -0.1) is 0 Å². The third-order valence-electron chi connectivity index (χ3n) is 6.30. The Labute approximate surface area is 224 Å². The number of aromatic nitrogens is 1. The predicted octanol–water partition coefficient (Wildman–Crippen LogP) is -0.455. The Bertz CT molecular complexity index is 998. The van der Waals surface area contributed by atoms with Crippen LogP contribution < -0.4 is 66.8 Å². The van der Waals surface area contributed by atoms with Crippen molar-refractivity contribution in [2.24, 2.45) is 0 Å². The van der Waals surface area contributed by atoms with Gasteiger partial charge in [0.2, 0.25) is 0 Å². The third kappa shape index (κ3) is 5.60. The topological polar surface area (TPSA) is 68.6 Å². The summed E-state index contributed by atoms with van der Waals surface area (Å²) in [7, 11) is 0. The standard InChI is InChI=1S/C23H30FN3O3.K/c1-2-3-4-5-8-25-9-11-26(12-10-25)21-14-20-17(13-19(21)24)22(28)18(23(29)30)15-27(20)16-6-7-16;/h13-16H,2-12H2,1H3,(H,29,30);/q;+1/p-1. The number of pyridine rings is 1. The molecule has 2 heterocycles. The summed E-state index contributed by atoms with van der Waals surface area (Å²) in [5.74, 6) is -2.00. The maximum Gasteiger partial charge on any atom is 1.00 e. The molecule has 1 aromatic carbocycles. The zero-order valence-electron chi connectivity index (χ0n) is 18.5. The van der Waals surface area contributed by atoms with Gasteiger partial charge in [-0.1, -0.05) is 26.2 Å². The van der Waals surface area contributed by atoms with Crippen LogP contribution in [0.3, 0.4) is 0 Å². The SMILES string of the molecule is CCCCCCN1CCN(c2cc3c(cc2F)c(=O)c(C(=O)[O-])cn3C2CC2)CC1.[K+]. The van der Waals surface area contributed by atoms with Crippen LogP contribution in [0, 0.1) is 5.82 Å². The Morgan fingerprint density at radius 3 is 2.45 bits per heavy atom. The second-order valence-corrected chi connectivity index (χ2v) is 8.51. The molecular weight excluding hydrogens is 424 g/mol. The Balaban J connectivity index is 0.00000272. The van der Waals surface area contributed by atoms with Crippen LogP contribution in [0.5, 0.6) is 0 Å². The van der Waals surface area contributed by atoms with Crippen LogP contribution >= 0.6 is 0 Å². The van der Waals surface area contributed by atoms with Crippen molar-refractivity contribution in [2.75, 3.05) is 37.6 Å². The number of anilines is 1. The molecule has 1 saturated heterocycles. The maximum absolute atomic E-state index is 15.0. The van der Waals surface area contributed by atoms with Crippen LogP contribution in [0.4, 0.5) is 10.1 Å². The first-order valence-corrected chi connectivity index (χ1v) is 11.1. The van der Waals surface area contributed by atoms with Crippen molar-refractivity contribution in [1.29, 1.82) is 0 Å². The van der Waals surface area contributed by atoms with Crippen LogP contribution in [-0.4, -0.2) is 48.2 Å². The molecule has 0 unspecified atom stereocenters. The molecular formula is C23H29FKN3O3. The van der Waals surface area contributed by atoms with Gasteiger partial charge < -0.3 is 19.4 Å². The summed E-state index contributed by atoms with van der Waals surface area (Å²) in [6.07, 6.45) is 8.17. The normalized spacial score (nSPS) is 17.0. The zero-order chi connectivity index (χ0) is 21.3. The van der Waals surface area contributed by atoms with Gasteiger partial charge in [-0.05, 0) is 37.9 Å². The molecule has 31 heavy (non-hydrogen) atoms. The molecule has 0 N–H and O–H groups in total. The molecule has 0 radical (unpaired) electrons. The van der Waals surface area contributed by atoms with Crippen molar-refractivity contribution in [3.05, 3.63) is 39.9 Å². The number of halogens is 1. The number of piperazine rings is 1. The first kappa shape index (κ1) is 24.9. The third-order valence-corrected chi connectivity index (χ3v) is 6.30. The number of aromatic carboxylic acids is 1. The number of hydrogen-bond donors (Lipinski definition) is 0. The summed E-state index contributed by atoms with van der Waals surface area (Å²) in [5, 5.41) is 11.5. The number of rotatable bonds is 8.